The fraction of sp³-hybridized carbons (Fsp3) is 0.263. The van der Waals surface area contributed by atoms with Crippen molar-refractivity contribution < 1.29 is 27.4 Å². The SMILES string of the molecule is COc1ccc(-n2ncc(C(=O)N(C)CCOc3ccc(Cl)cc3)c2C(F)(F)F)nn1. The van der Waals surface area contributed by atoms with E-state index in [1.807, 2.05) is 0 Å². The molecule has 3 rings (SSSR count). The summed E-state index contributed by atoms with van der Waals surface area (Å²) in [6.45, 7) is 0.121. The van der Waals surface area contributed by atoms with Crippen molar-refractivity contribution in [1.82, 2.24) is 24.9 Å². The van der Waals surface area contributed by atoms with E-state index in [-0.39, 0.29) is 24.8 Å². The molecule has 31 heavy (non-hydrogen) atoms. The topological polar surface area (TPSA) is 82.4 Å². The highest BCUT2D eigenvalue weighted by atomic mass is 35.5. The number of ether oxygens (including phenoxy) is 2. The lowest BCUT2D eigenvalue weighted by atomic mass is 10.2. The summed E-state index contributed by atoms with van der Waals surface area (Å²) < 4.78 is 52.1. The molecular weight excluding hydrogens is 439 g/mol. The van der Waals surface area contributed by atoms with Gasteiger partial charge in [-0.05, 0) is 30.3 Å². The van der Waals surface area contributed by atoms with Gasteiger partial charge in [0.15, 0.2) is 11.5 Å². The van der Waals surface area contributed by atoms with Crippen molar-refractivity contribution in [3.8, 4) is 17.4 Å². The van der Waals surface area contributed by atoms with Crippen LogP contribution in [0.2, 0.25) is 5.02 Å². The summed E-state index contributed by atoms with van der Waals surface area (Å²) >= 11 is 5.80. The third kappa shape index (κ3) is 5.23. The normalized spacial score (nSPS) is 11.3. The molecule has 0 bridgehead atoms. The van der Waals surface area contributed by atoms with Crippen LogP contribution in [-0.4, -0.2) is 58.1 Å². The third-order valence-electron chi connectivity index (χ3n) is 4.18. The van der Waals surface area contributed by atoms with Crippen molar-refractivity contribution in [2.75, 3.05) is 27.3 Å². The Kier molecular flexibility index (Phi) is 6.64. The quantitative estimate of drug-likeness (QED) is 0.542. The van der Waals surface area contributed by atoms with Crippen molar-refractivity contribution in [3.05, 3.63) is 58.9 Å². The Hall–Kier alpha value is -3.34. The van der Waals surface area contributed by atoms with Crippen LogP contribution in [0.3, 0.4) is 0 Å². The minimum atomic E-state index is -4.86. The Bertz CT molecular complexity index is 1040. The van der Waals surface area contributed by atoms with E-state index in [0.29, 0.717) is 15.5 Å². The Balaban J connectivity index is 1.77. The number of methoxy groups -OCH3 is 1. The van der Waals surface area contributed by atoms with Crippen LogP contribution in [0.1, 0.15) is 16.1 Å². The van der Waals surface area contributed by atoms with E-state index in [1.54, 1.807) is 24.3 Å². The van der Waals surface area contributed by atoms with E-state index in [2.05, 4.69) is 15.3 Å². The van der Waals surface area contributed by atoms with Crippen LogP contribution in [0.4, 0.5) is 13.2 Å². The van der Waals surface area contributed by atoms with Gasteiger partial charge in [-0.25, -0.2) is 4.68 Å². The second kappa shape index (κ2) is 9.21. The average molecular weight is 456 g/mol. The van der Waals surface area contributed by atoms with Crippen molar-refractivity contribution in [1.29, 1.82) is 0 Å². The monoisotopic (exact) mass is 455 g/mol. The van der Waals surface area contributed by atoms with Crippen molar-refractivity contribution in [2.24, 2.45) is 0 Å². The Morgan fingerprint density at radius 2 is 1.87 bits per heavy atom. The molecule has 3 aromatic rings. The van der Waals surface area contributed by atoms with E-state index in [1.165, 1.54) is 26.3 Å². The molecule has 0 aliphatic rings. The lowest BCUT2D eigenvalue weighted by Gasteiger charge is -2.18. The first-order valence-corrected chi connectivity index (χ1v) is 9.25. The molecule has 0 aliphatic carbocycles. The molecule has 0 spiro atoms. The predicted octanol–water partition coefficient (Wildman–Crippen LogP) is 3.49. The molecule has 0 saturated carbocycles. The smallest absolute Gasteiger partial charge is 0.434 e. The summed E-state index contributed by atoms with van der Waals surface area (Å²) in [5.74, 6) is -0.422. The number of alkyl halides is 3. The lowest BCUT2D eigenvalue weighted by Crippen LogP contribution is -2.32. The predicted molar refractivity (Wildman–Crippen MR) is 105 cm³/mol. The Labute approximate surface area is 180 Å². The molecule has 2 heterocycles. The molecule has 1 aromatic carbocycles. The molecule has 0 N–H and O–H groups in total. The molecule has 0 fully saturated rings. The number of carbonyl (C=O) groups excluding carboxylic acids is 1. The molecule has 0 atom stereocenters. The van der Waals surface area contributed by atoms with Gasteiger partial charge in [-0.2, -0.15) is 18.3 Å². The minimum Gasteiger partial charge on any atom is -0.492 e. The molecular formula is C19H17ClF3N5O3. The van der Waals surface area contributed by atoms with Gasteiger partial charge in [0.2, 0.25) is 5.88 Å². The zero-order chi connectivity index (χ0) is 22.6. The van der Waals surface area contributed by atoms with E-state index in [9.17, 15) is 18.0 Å². The Morgan fingerprint density at radius 3 is 2.45 bits per heavy atom. The van der Waals surface area contributed by atoms with Gasteiger partial charge in [0.25, 0.3) is 5.91 Å². The van der Waals surface area contributed by atoms with Crippen molar-refractivity contribution in [2.45, 2.75) is 6.18 Å². The zero-order valence-corrected chi connectivity index (χ0v) is 17.2. The highest BCUT2D eigenvalue weighted by Crippen LogP contribution is 2.33. The maximum absolute atomic E-state index is 13.8. The van der Waals surface area contributed by atoms with Crippen LogP contribution in [0, 0.1) is 0 Å². The summed E-state index contributed by atoms with van der Waals surface area (Å²) in [5, 5.41) is 11.6. The maximum Gasteiger partial charge on any atom is 0.434 e. The number of rotatable bonds is 7. The summed E-state index contributed by atoms with van der Waals surface area (Å²) in [4.78, 5) is 13.8. The summed E-state index contributed by atoms with van der Waals surface area (Å²) in [6.07, 6.45) is -4.00. The number of amides is 1. The van der Waals surface area contributed by atoms with E-state index < -0.39 is 23.3 Å². The minimum absolute atomic E-state index is 0.0479. The largest absolute Gasteiger partial charge is 0.492 e. The number of aromatic nitrogens is 4. The second-order valence-corrected chi connectivity index (χ2v) is 6.72. The van der Waals surface area contributed by atoms with Crippen molar-refractivity contribution >= 4 is 17.5 Å². The molecule has 2 aromatic heterocycles. The number of nitrogens with zero attached hydrogens (tertiary/aromatic N) is 5. The highest BCUT2D eigenvalue weighted by molar-refractivity contribution is 6.30. The fourth-order valence-corrected chi connectivity index (χ4v) is 2.75. The first kappa shape index (κ1) is 22.3. The first-order chi connectivity index (χ1) is 14.7. The molecule has 12 heteroatoms. The number of halogens is 4. The van der Waals surface area contributed by atoms with Gasteiger partial charge in [0, 0.05) is 18.1 Å². The van der Waals surface area contributed by atoms with Crippen LogP contribution in [0.25, 0.3) is 5.82 Å². The van der Waals surface area contributed by atoms with Crippen LogP contribution >= 0.6 is 11.6 Å². The third-order valence-corrected chi connectivity index (χ3v) is 4.43. The van der Waals surface area contributed by atoms with Gasteiger partial charge in [0.05, 0.1) is 25.4 Å². The molecule has 8 nitrogen and oxygen atoms in total. The molecule has 0 radical (unpaired) electrons. The molecule has 0 unspecified atom stereocenters. The first-order valence-electron chi connectivity index (χ1n) is 8.88. The molecule has 0 aliphatic heterocycles. The lowest BCUT2D eigenvalue weighted by molar-refractivity contribution is -0.143. The van der Waals surface area contributed by atoms with Crippen molar-refractivity contribution in [3.63, 3.8) is 0 Å². The molecule has 1 amide bonds. The summed E-state index contributed by atoms with van der Waals surface area (Å²) in [6, 6.07) is 9.16. The molecule has 0 saturated heterocycles. The maximum atomic E-state index is 13.8. The van der Waals surface area contributed by atoms with Crippen LogP contribution in [-0.2, 0) is 6.18 Å². The summed E-state index contributed by atoms with van der Waals surface area (Å²) in [5.41, 5.74) is -1.86. The van der Waals surface area contributed by atoms with Gasteiger partial charge >= 0.3 is 6.18 Å². The van der Waals surface area contributed by atoms with Gasteiger partial charge < -0.3 is 14.4 Å². The van der Waals surface area contributed by atoms with Crippen LogP contribution in [0.5, 0.6) is 11.6 Å². The number of benzene rings is 1. The zero-order valence-electron chi connectivity index (χ0n) is 16.4. The van der Waals surface area contributed by atoms with Crippen LogP contribution < -0.4 is 9.47 Å². The Morgan fingerprint density at radius 1 is 1.16 bits per heavy atom. The average Bonchev–Trinajstić information content (AvgIpc) is 3.20. The fourth-order valence-electron chi connectivity index (χ4n) is 2.62. The van der Waals surface area contributed by atoms with Gasteiger partial charge in [-0.3, -0.25) is 4.79 Å². The standard InChI is InChI=1S/C19H17ClF3N5O3/c1-27(9-10-31-13-5-3-12(20)4-6-13)18(29)14-11-24-28(17(14)19(21,22)23)15-7-8-16(30-2)26-25-15/h3-8,11H,9-10H2,1-2H3. The summed E-state index contributed by atoms with van der Waals surface area (Å²) in [7, 11) is 2.72. The van der Waals surface area contributed by atoms with Gasteiger partial charge in [-0.15, -0.1) is 10.2 Å². The van der Waals surface area contributed by atoms with E-state index in [0.717, 1.165) is 11.1 Å². The van der Waals surface area contributed by atoms with E-state index in [4.69, 9.17) is 21.1 Å². The number of likely N-dealkylation sites (N-methyl/N-ethyl adjacent to an activating group) is 1. The second-order valence-electron chi connectivity index (χ2n) is 6.28. The van der Waals surface area contributed by atoms with Gasteiger partial charge in [-0.1, -0.05) is 11.6 Å². The van der Waals surface area contributed by atoms with E-state index >= 15 is 0 Å². The highest BCUT2D eigenvalue weighted by Gasteiger charge is 2.41. The number of carbonyl (C=O) groups is 1. The van der Waals surface area contributed by atoms with Gasteiger partial charge in [0.1, 0.15) is 12.4 Å². The number of hydrogen-bond donors (Lipinski definition) is 0. The number of hydrogen-bond acceptors (Lipinski definition) is 6. The molecule has 164 valence electrons. The van der Waals surface area contributed by atoms with Crippen LogP contribution in [0.15, 0.2) is 42.6 Å².